The summed E-state index contributed by atoms with van der Waals surface area (Å²) in [5.41, 5.74) is 0. The van der Waals surface area contributed by atoms with Gasteiger partial charge in [-0.3, -0.25) is 0 Å². The van der Waals surface area contributed by atoms with Gasteiger partial charge in [0, 0.05) is 36.2 Å². The molecule has 38 heavy (non-hydrogen) atoms. The maximum Gasteiger partial charge on any atom is 0.331 e. The fourth-order valence-corrected chi connectivity index (χ4v) is 5.04. The summed E-state index contributed by atoms with van der Waals surface area (Å²) in [5, 5.41) is 42.7. The van der Waals surface area contributed by atoms with Crippen LogP contribution in [0, 0.1) is 35.5 Å². The predicted molar refractivity (Wildman–Crippen MR) is 154 cm³/mol. The van der Waals surface area contributed by atoms with E-state index in [4.69, 9.17) is 4.74 Å². The lowest BCUT2D eigenvalue weighted by Crippen LogP contribution is -2.37. The van der Waals surface area contributed by atoms with E-state index in [1.807, 2.05) is 52.8 Å². The van der Waals surface area contributed by atoms with E-state index < -0.39 is 36.5 Å². The Morgan fingerprint density at radius 2 is 1.61 bits per heavy atom. The van der Waals surface area contributed by atoms with Crippen molar-refractivity contribution >= 4 is 5.97 Å². The van der Waals surface area contributed by atoms with Gasteiger partial charge >= 0.3 is 5.97 Å². The maximum atomic E-state index is 12.6. The van der Waals surface area contributed by atoms with E-state index >= 15 is 0 Å². The lowest BCUT2D eigenvalue weighted by atomic mass is 9.82. The van der Waals surface area contributed by atoms with Gasteiger partial charge in [0.15, 0.2) is 0 Å². The monoisotopic (exact) mass is 532 g/mol. The number of aliphatic hydroxyl groups is 4. The highest BCUT2D eigenvalue weighted by Gasteiger charge is 2.31. The SMILES string of the molecule is C=C/C=C\[C@H](C)[C@@H]1OC(=O)/C=C\C=C\[C@H](C)[C@@H](O)C[C@H](O)/C=C\[C@H](C)[C@H](O)[C@@H](C)C[C@H](C)CC[C@@H](O)[C@@H]1C. The normalized spacial score (nSPS) is 40.7. The van der Waals surface area contributed by atoms with Gasteiger partial charge in [0.25, 0.3) is 0 Å². The van der Waals surface area contributed by atoms with Gasteiger partial charge < -0.3 is 25.2 Å². The second-order valence-electron chi connectivity index (χ2n) is 11.4. The maximum absolute atomic E-state index is 12.6. The number of carbonyl (C=O) groups is 1. The van der Waals surface area contributed by atoms with Crippen LogP contribution in [0.1, 0.15) is 67.2 Å². The Balaban J connectivity index is 3.17. The van der Waals surface area contributed by atoms with Crippen LogP contribution in [0.4, 0.5) is 0 Å². The van der Waals surface area contributed by atoms with E-state index in [0.717, 1.165) is 12.8 Å². The molecule has 216 valence electrons. The first-order chi connectivity index (χ1) is 17.9. The first kappa shape index (κ1) is 34.0. The predicted octanol–water partition coefficient (Wildman–Crippen LogP) is 5.14. The van der Waals surface area contributed by atoms with Gasteiger partial charge in [-0.25, -0.2) is 4.79 Å². The molecule has 0 aromatic heterocycles. The summed E-state index contributed by atoms with van der Waals surface area (Å²) in [6.07, 6.45) is 14.2. The summed E-state index contributed by atoms with van der Waals surface area (Å²) in [6, 6.07) is 0. The zero-order chi connectivity index (χ0) is 28.8. The van der Waals surface area contributed by atoms with Crippen molar-refractivity contribution in [2.45, 2.75) is 97.7 Å². The smallest absolute Gasteiger partial charge is 0.331 e. The van der Waals surface area contributed by atoms with Crippen LogP contribution in [0.2, 0.25) is 0 Å². The first-order valence-corrected chi connectivity index (χ1v) is 14.1. The highest BCUT2D eigenvalue weighted by atomic mass is 16.5. The highest BCUT2D eigenvalue weighted by molar-refractivity contribution is 5.82. The van der Waals surface area contributed by atoms with E-state index in [9.17, 15) is 25.2 Å². The summed E-state index contributed by atoms with van der Waals surface area (Å²) in [7, 11) is 0. The molecule has 0 radical (unpaired) electrons. The Labute approximate surface area is 230 Å². The van der Waals surface area contributed by atoms with Gasteiger partial charge in [-0.15, -0.1) is 0 Å². The zero-order valence-electron chi connectivity index (χ0n) is 24.2. The molecule has 0 saturated carbocycles. The molecular weight excluding hydrogens is 480 g/mol. The number of allylic oxidation sites excluding steroid dienone is 4. The van der Waals surface area contributed by atoms with Crippen LogP contribution in [0.5, 0.6) is 0 Å². The minimum atomic E-state index is -0.828. The van der Waals surface area contributed by atoms with E-state index in [1.54, 1.807) is 30.4 Å². The quantitative estimate of drug-likeness (QED) is 0.228. The molecule has 6 heteroatoms. The number of ether oxygens (including phenoxy) is 1. The molecule has 0 saturated heterocycles. The van der Waals surface area contributed by atoms with Gasteiger partial charge in [0.2, 0.25) is 0 Å². The summed E-state index contributed by atoms with van der Waals surface area (Å²) in [6.45, 7) is 15.5. The molecule has 0 aromatic carbocycles. The third-order valence-electron chi connectivity index (χ3n) is 7.78. The van der Waals surface area contributed by atoms with Gasteiger partial charge in [-0.1, -0.05) is 96.7 Å². The van der Waals surface area contributed by atoms with Crippen LogP contribution in [0.15, 0.2) is 61.3 Å². The highest BCUT2D eigenvalue weighted by Crippen LogP contribution is 2.28. The molecule has 1 heterocycles. The minimum Gasteiger partial charge on any atom is -0.458 e. The molecule has 0 unspecified atom stereocenters. The first-order valence-electron chi connectivity index (χ1n) is 14.1. The van der Waals surface area contributed by atoms with Crippen LogP contribution >= 0.6 is 0 Å². The van der Waals surface area contributed by atoms with Gasteiger partial charge in [0.05, 0.1) is 24.4 Å². The Morgan fingerprint density at radius 3 is 2.26 bits per heavy atom. The van der Waals surface area contributed by atoms with E-state index in [0.29, 0.717) is 6.42 Å². The number of cyclic esters (lactones) is 1. The van der Waals surface area contributed by atoms with Crippen molar-refractivity contribution in [1.29, 1.82) is 0 Å². The summed E-state index contributed by atoms with van der Waals surface area (Å²) >= 11 is 0. The van der Waals surface area contributed by atoms with Crippen molar-refractivity contribution in [3.8, 4) is 0 Å². The third kappa shape index (κ3) is 12.2. The molecule has 0 aliphatic carbocycles. The molecule has 11 atom stereocenters. The Morgan fingerprint density at radius 1 is 0.921 bits per heavy atom. The minimum absolute atomic E-state index is 0.0366. The molecule has 1 aliphatic heterocycles. The van der Waals surface area contributed by atoms with E-state index in [2.05, 4.69) is 13.5 Å². The fourth-order valence-electron chi connectivity index (χ4n) is 5.04. The largest absolute Gasteiger partial charge is 0.458 e. The van der Waals surface area contributed by atoms with Crippen molar-refractivity contribution < 1.29 is 30.0 Å². The molecule has 1 aliphatic rings. The molecule has 4 N–H and O–H groups in total. The summed E-state index contributed by atoms with van der Waals surface area (Å²) in [5.74, 6) is -0.976. The number of rotatable bonds is 3. The zero-order valence-corrected chi connectivity index (χ0v) is 24.2. The van der Waals surface area contributed by atoms with Crippen molar-refractivity contribution in [2.75, 3.05) is 0 Å². The standard InChI is InChI=1S/C32H52O6/c1-8-9-12-24(5)32-26(7)28(34)18-15-21(2)19-25(6)31(37)23(4)16-17-27(33)20-29(35)22(3)13-10-11-14-30(36)38-32/h8-14,16-17,21-29,31-35,37H,1,15,18-20H2,2-7H3/b12-9-,13-10+,14-11-,17-16-/t21-,22+,23+,24+,25+,26+,27-,28-,29+,31+,32+/m1/s1. The van der Waals surface area contributed by atoms with Crippen molar-refractivity contribution in [3.05, 3.63) is 61.3 Å². The molecule has 0 aromatic rings. The van der Waals surface area contributed by atoms with Crippen LogP contribution in [0.25, 0.3) is 0 Å². The van der Waals surface area contributed by atoms with Crippen LogP contribution in [-0.4, -0.2) is 56.9 Å². The number of carbonyl (C=O) groups excluding carboxylic acids is 1. The van der Waals surface area contributed by atoms with E-state index in [-0.39, 0.29) is 41.9 Å². The Hall–Kier alpha value is -1.99. The molecule has 0 bridgehead atoms. The summed E-state index contributed by atoms with van der Waals surface area (Å²) in [4.78, 5) is 12.6. The van der Waals surface area contributed by atoms with Crippen molar-refractivity contribution in [3.63, 3.8) is 0 Å². The lowest BCUT2D eigenvalue weighted by Gasteiger charge is -2.31. The molecule has 1 rings (SSSR count). The van der Waals surface area contributed by atoms with Gasteiger partial charge in [-0.05, 0) is 31.1 Å². The summed E-state index contributed by atoms with van der Waals surface area (Å²) < 4.78 is 5.81. The number of hydrogen-bond acceptors (Lipinski definition) is 6. The van der Waals surface area contributed by atoms with Crippen molar-refractivity contribution in [2.24, 2.45) is 35.5 Å². The van der Waals surface area contributed by atoms with Crippen LogP contribution in [-0.2, 0) is 9.53 Å². The van der Waals surface area contributed by atoms with Gasteiger partial charge in [-0.2, -0.15) is 0 Å². The fraction of sp³-hybridized carbons (Fsp3) is 0.656. The van der Waals surface area contributed by atoms with Crippen LogP contribution < -0.4 is 0 Å². The molecular formula is C32H52O6. The Kier molecular flexibility index (Phi) is 15.7. The van der Waals surface area contributed by atoms with Crippen LogP contribution in [0.3, 0.4) is 0 Å². The third-order valence-corrected chi connectivity index (χ3v) is 7.78. The second kappa shape index (κ2) is 17.6. The second-order valence-corrected chi connectivity index (χ2v) is 11.4. The molecule has 0 amide bonds. The van der Waals surface area contributed by atoms with E-state index in [1.165, 1.54) is 6.08 Å². The number of aliphatic hydroxyl groups excluding tert-OH is 4. The topological polar surface area (TPSA) is 107 Å². The number of esters is 1. The molecule has 6 nitrogen and oxygen atoms in total. The van der Waals surface area contributed by atoms with Gasteiger partial charge in [0.1, 0.15) is 6.10 Å². The Bertz CT molecular complexity index is 815. The average molecular weight is 533 g/mol. The lowest BCUT2D eigenvalue weighted by molar-refractivity contribution is -0.150. The number of hydrogen-bond donors (Lipinski definition) is 4. The average Bonchev–Trinajstić information content (AvgIpc) is 2.88. The molecule has 0 fully saturated rings. The van der Waals surface area contributed by atoms with Crippen molar-refractivity contribution in [1.82, 2.24) is 0 Å². The molecule has 0 spiro atoms.